The number of nitrogens with one attached hydrogen (secondary N) is 2. The molecule has 0 atom stereocenters. The highest BCUT2D eigenvalue weighted by Crippen LogP contribution is 2.16. The van der Waals surface area contributed by atoms with Gasteiger partial charge in [-0.05, 0) is 30.7 Å². The van der Waals surface area contributed by atoms with E-state index in [1.807, 2.05) is 7.05 Å². The first kappa shape index (κ1) is 10.1. The van der Waals surface area contributed by atoms with Gasteiger partial charge < -0.3 is 10.6 Å². The molecule has 0 spiro atoms. The van der Waals surface area contributed by atoms with Gasteiger partial charge in [-0.15, -0.1) is 0 Å². The molecule has 0 fully saturated rings. The van der Waals surface area contributed by atoms with E-state index in [0.717, 1.165) is 6.67 Å². The van der Waals surface area contributed by atoms with Crippen LogP contribution in [-0.4, -0.2) is 13.7 Å². The van der Waals surface area contributed by atoms with Crippen LogP contribution in [0.4, 0.5) is 5.69 Å². The molecule has 72 valence electrons. The number of hydrogen-bond donors (Lipinski definition) is 2. The van der Waals surface area contributed by atoms with Gasteiger partial charge in [0.25, 0.3) is 0 Å². The SMILES string of the molecule is CNCNc1ccc(C(C)C)cc1. The first-order valence-corrected chi connectivity index (χ1v) is 4.72. The zero-order chi connectivity index (χ0) is 9.68. The van der Waals surface area contributed by atoms with Crippen LogP contribution in [0.3, 0.4) is 0 Å². The van der Waals surface area contributed by atoms with Crippen molar-refractivity contribution in [2.24, 2.45) is 0 Å². The maximum Gasteiger partial charge on any atom is 0.0650 e. The molecular formula is C11H18N2. The van der Waals surface area contributed by atoms with Crippen LogP contribution in [0.5, 0.6) is 0 Å². The van der Waals surface area contributed by atoms with E-state index in [-0.39, 0.29) is 0 Å². The van der Waals surface area contributed by atoms with Crippen LogP contribution < -0.4 is 10.6 Å². The summed E-state index contributed by atoms with van der Waals surface area (Å²) in [4.78, 5) is 0. The minimum Gasteiger partial charge on any atom is -0.372 e. The van der Waals surface area contributed by atoms with Crippen LogP contribution in [0.25, 0.3) is 0 Å². The predicted molar refractivity (Wildman–Crippen MR) is 58.1 cm³/mol. The van der Waals surface area contributed by atoms with E-state index in [4.69, 9.17) is 0 Å². The van der Waals surface area contributed by atoms with Crippen molar-refractivity contribution in [3.05, 3.63) is 29.8 Å². The van der Waals surface area contributed by atoms with E-state index in [0.29, 0.717) is 5.92 Å². The fourth-order valence-corrected chi connectivity index (χ4v) is 1.18. The lowest BCUT2D eigenvalue weighted by Crippen LogP contribution is -2.16. The Bertz CT molecular complexity index is 239. The number of anilines is 1. The van der Waals surface area contributed by atoms with E-state index in [9.17, 15) is 0 Å². The number of hydrogen-bond acceptors (Lipinski definition) is 2. The molecule has 0 unspecified atom stereocenters. The van der Waals surface area contributed by atoms with E-state index in [1.165, 1.54) is 11.3 Å². The molecule has 0 heterocycles. The topological polar surface area (TPSA) is 24.1 Å². The standard InChI is InChI=1S/C11H18N2/c1-9(2)10-4-6-11(7-5-10)13-8-12-3/h4-7,9,12-13H,8H2,1-3H3. The van der Waals surface area contributed by atoms with Crippen molar-refractivity contribution in [3.8, 4) is 0 Å². The monoisotopic (exact) mass is 178 g/mol. The minimum atomic E-state index is 0.610. The summed E-state index contributed by atoms with van der Waals surface area (Å²) in [5, 5.41) is 6.29. The van der Waals surface area contributed by atoms with Crippen LogP contribution in [0.2, 0.25) is 0 Å². The van der Waals surface area contributed by atoms with Crippen LogP contribution in [0.15, 0.2) is 24.3 Å². The van der Waals surface area contributed by atoms with Crippen LogP contribution in [0.1, 0.15) is 25.3 Å². The first-order valence-electron chi connectivity index (χ1n) is 4.72. The Morgan fingerprint density at radius 1 is 1.15 bits per heavy atom. The zero-order valence-electron chi connectivity index (χ0n) is 8.59. The third-order valence-electron chi connectivity index (χ3n) is 2.05. The van der Waals surface area contributed by atoms with Crippen LogP contribution >= 0.6 is 0 Å². The van der Waals surface area contributed by atoms with E-state index in [1.54, 1.807) is 0 Å². The third-order valence-corrected chi connectivity index (χ3v) is 2.05. The molecule has 0 aliphatic carbocycles. The first-order chi connectivity index (χ1) is 6.24. The van der Waals surface area contributed by atoms with E-state index in [2.05, 4.69) is 48.7 Å². The smallest absolute Gasteiger partial charge is 0.0650 e. The second-order valence-corrected chi connectivity index (χ2v) is 3.48. The number of benzene rings is 1. The molecular weight excluding hydrogens is 160 g/mol. The third kappa shape index (κ3) is 3.07. The fraction of sp³-hybridized carbons (Fsp3) is 0.455. The van der Waals surface area contributed by atoms with Crippen molar-refractivity contribution in [3.63, 3.8) is 0 Å². The van der Waals surface area contributed by atoms with Crippen molar-refractivity contribution < 1.29 is 0 Å². The molecule has 1 aromatic carbocycles. The largest absolute Gasteiger partial charge is 0.372 e. The summed E-state index contributed by atoms with van der Waals surface area (Å²) >= 11 is 0. The van der Waals surface area contributed by atoms with Gasteiger partial charge in [0.1, 0.15) is 0 Å². The lowest BCUT2D eigenvalue weighted by molar-refractivity contribution is 0.862. The van der Waals surface area contributed by atoms with E-state index >= 15 is 0 Å². The Morgan fingerprint density at radius 3 is 2.23 bits per heavy atom. The molecule has 2 nitrogen and oxygen atoms in total. The van der Waals surface area contributed by atoms with Crippen LogP contribution in [0, 0.1) is 0 Å². The number of rotatable bonds is 4. The lowest BCUT2D eigenvalue weighted by atomic mass is 10.0. The Hall–Kier alpha value is -1.02. The normalized spacial score (nSPS) is 10.5. The highest BCUT2D eigenvalue weighted by molar-refractivity contribution is 5.44. The predicted octanol–water partition coefficient (Wildman–Crippen LogP) is 2.40. The van der Waals surface area contributed by atoms with Gasteiger partial charge in [-0.1, -0.05) is 26.0 Å². The van der Waals surface area contributed by atoms with Crippen molar-refractivity contribution in [2.45, 2.75) is 19.8 Å². The molecule has 0 saturated carbocycles. The molecule has 1 aromatic rings. The molecule has 13 heavy (non-hydrogen) atoms. The van der Waals surface area contributed by atoms with Gasteiger partial charge in [0.05, 0.1) is 6.67 Å². The molecule has 0 amide bonds. The van der Waals surface area contributed by atoms with Gasteiger partial charge in [0, 0.05) is 5.69 Å². The Labute approximate surface area is 80.4 Å². The van der Waals surface area contributed by atoms with E-state index < -0.39 is 0 Å². The van der Waals surface area contributed by atoms with Gasteiger partial charge in [0.2, 0.25) is 0 Å². The van der Waals surface area contributed by atoms with Crippen LogP contribution in [-0.2, 0) is 0 Å². The molecule has 1 rings (SSSR count). The molecule has 2 N–H and O–H groups in total. The van der Waals surface area contributed by atoms with Gasteiger partial charge in [-0.2, -0.15) is 0 Å². The quantitative estimate of drug-likeness (QED) is 0.692. The molecule has 0 radical (unpaired) electrons. The zero-order valence-corrected chi connectivity index (χ0v) is 8.59. The average molecular weight is 178 g/mol. The summed E-state index contributed by atoms with van der Waals surface area (Å²) in [7, 11) is 1.93. The molecule has 0 bridgehead atoms. The second kappa shape index (κ2) is 4.87. The molecule has 2 heteroatoms. The van der Waals surface area contributed by atoms with Gasteiger partial charge in [-0.25, -0.2) is 0 Å². The Morgan fingerprint density at radius 2 is 1.77 bits per heavy atom. The van der Waals surface area contributed by atoms with Crippen molar-refractivity contribution in [1.29, 1.82) is 0 Å². The van der Waals surface area contributed by atoms with Gasteiger partial charge >= 0.3 is 0 Å². The summed E-state index contributed by atoms with van der Waals surface area (Å²) in [6.45, 7) is 5.22. The summed E-state index contributed by atoms with van der Waals surface area (Å²) in [5.74, 6) is 0.610. The summed E-state index contributed by atoms with van der Waals surface area (Å²) < 4.78 is 0. The summed E-state index contributed by atoms with van der Waals surface area (Å²) in [6.07, 6.45) is 0. The van der Waals surface area contributed by atoms with Gasteiger partial charge in [-0.3, -0.25) is 0 Å². The Kier molecular flexibility index (Phi) is 3.77. The Balaban J connectivity index is 2.59. The maximum absolute atomic E-state index is 3.25. The highest BCUT2D eigenvalue weighted by Gasteiger charge is 1.97. The molecule has 0 aliphatic heterocycles. The van der Waals surface area contributed by atoms with Gasteiger partial charge in [0.15, 0.2) is 0 Å². The molecule has 0 saturated heterocycles. The summed E-state index contributed by atoms with van der Waals surface area (Å²) in [5.41, 5.74) is 2.55. The second-order valence-electron chi connectivity index (χ2n) is 3.48. The molecule has 0 aromatic heterocycles. The van der Waals surface area contributed by atoms with Crippen molar-refractivity contribution in [1.82, 2.24) is 5.32 Å². The fourth-order valence-electron chi connectivity index (χ4n) is 1.18. The maximum atomic E-state index is 3.25. The molecule has 0 aliphatic rings. The minimum absolute atomic E-state index is 0.610. The lowest BCUT2D eigenvalue weighted by Gasteiger charge is -2.08. The van der Waals surface area contributed by atoms with Crippen molar-refractivity contribution in [2.75, 3.05) is 19.0 Å². The highest BCUT2D eigenvalue weighted by atomic mass is 15.0. The van der Waals surface area contributed by atoms with Crippen molar-refractivity contribution >= 4 is 5.69 Å². The summed E-state index contributed by atoms with van der Waals surface area (Å²) in [6, 6.07) is 8.57. The average Bonchev–Trinajstić information content (AvgIpc) is 2.15.